The van der Waals surface area contributed by atoms with E-state index in [2.05, 4.69) is 54.5 Å². The molecule has 0 aromatic rings. The molecule has 2 nitrogen and oxygen atoms in total. The fourth-order valence-electron chi connectivity index (χ4n) is 10.5. The second-order valence-corrected chi connectivity index (χ2v) is 16.1. The summed E-state index contributed by atoms with van der Waals surface area (Å²) in [7, 11) is 0. The topological polar surface area (TPSA) is 40.5 Å². The fraction of sp³-hybridized carbons (Fsp3) is 0.939. The van der Waals surface area contributed by atoms with Gasteiger partial charge in [-0.1, -0.05) is 53.2 Å². The first kappa shape index (κ1) is 26.3. The molecule has 200 valence electrons. The number of rotatable bonds is 4. The van der Waals surface area contributed by atoms with Crippen LogP contribution in [0.2, 0.25) is 0 Å². The first-order chi connectivity index (χ1) is 16.2. The molecule has 4 saturated carbocycles. The number of fused-ring (bicyclic) bond motifs is 5. The Balaban J connectivity index is 1.29. The summed E-state index contributed by atoms with van der Waals surface area (Å²) in [6.45, 7) is 17.0. The minimum atomic E-state index is -0.507. The molecule has 0 aromatic heterocycles. The van der Waals surface area contributed by atoms with Crippen molar-refractivity contribution in [2.75, 3.05) is 0 Å². The molecule has 5 aliphatic carbocycles. The van der Waals surface area contributed by atoms with Gasteiger partial charge in [-0.3, -0.25) is 0 Å². The van der Waals surface area contributed by atoms with Gasteiger partial charge in [0.25, 0.3) is 0 Å². The van der Waals surface area contributed by atoms with E-state index in [0.717, 1.165) is 55.8 Å². The zero-order valence-electron chi connectivity index (χ0n) is 24.1. The molecule has 35 heavy (non-hydrogen) atoms. The molecule has 9 atom stereocenters. The molecule has 3 unspecified atom stereocenters. The number of aliphatic hydroxyl groups is 2. The van der Waals surface area contributed by atoms with Crippen LogP contribution in [0.25, 0.3) is 0 Å². The third-order valence-electron chi connectivity index (χ3n) is 13.1. The Labute approximate surface area is 216 Å². The molecule has 4 fully saturated rings. The van der Waals surface area contributed by atoms with E-state index in [1.54, 1.807) is 5.57 Å². The predicted molar refractivity (Wildman–Crippen MR) is 146 cm³/mol. The van der Waals surface area contributed by atoms with Crippen LogP contribution in [0, 0.1) is 51.8 Å². The summed E-state index contributed by atoms with van der Waals surface area (Å²) in [5.41, 5.74) is 1.86. The molecular formula is C33H56O2. The highest BCUT2D eigenvalue weighted by atomic mass is 16.3. The lowest BCUT2D eigenvalue weighted by Gasteiger charge is -2.60. The van der Waals surface area contributed by atoms with Crippen molar-refractivity contribution in [1.29, 1.82) is 0 Å². The van der Waals surface area contributed by atoms with Gasteiger partial charge in [-0.05, 0) is 142 Å². The van der Waals surface area contributed by atoms with Crippen molar-refractivity contribution in [2.45, 2.75) is 143 Å². The van der Waals surface area contributed by atoms with Crippen LogP contribution >= 0.6 is 0 Å². The first-order valence-electron chi connectivity index (χ1n) is 15.3. The lowest BCUT2D eigenvalue weighted by molar-refractivity contribution is -0.0859. The van der Waals surface area contributed by atoms with Gasteiger partial charge in [0, 0.05) is 0 Å². The highest BCUT2D eigenvalue weighted by Crippen LogP contribution is 2.68. The molecule has 0 bridgehead atoms. The van der Waals surface area contributed by atoms with Gasteiger partial charge < -0.3 is 10.2 Å². The molecule has 0 heterocycles. The number of allylic oxidation sites excluding steroid dienone is 1. The highest BCUT2D eigenvalue weighted by Gasteiger charge is 2.61. The van der Waals surface area contributed by atoms with Crippen LogP contribution in [0.3, 0.4) is 0 Å². The lowest BCUT2D eigenvalue weighted by Crippen LogP contribution is -2.54. The maximum absolute atomic E-state index is 11.3. The van der Waals surface area contributed by atoms with E-state index in [0.29, 0.717) is 28.1 Å². The SMILES string of the molecule is C[C@H](CCC1(O)CCC(C)(C)CC1)C1CCC2[C@H]3C(CC[C@@]21C)[C@@]1(C)CC[C@](C)(O)CC1=C[C@H]3C. The van der Waals surface area contributed by atoms with E-state index in [9.17, 15) is 10.2 Å². The predicted octanol–water partition coefficient (Wildman–Crippen LogP) is 8.31. The van der Waals surface area contributed by atoms with E-state index in [-0.39, 0.29) is 0 Å². The number of hydrogen-bond donors (Lipinski definition) is 2. The van der Waals surface area contributed by atoms with Gasteiger partial charge in [-0.2, -0.15) is 0 Å². The van der Waals surface area contributed by atoms with Crippen molar-refractivity contribution < 1.29 is 10.2 Å². The summed E-state index contributed by atoms with van der Waals surface area (Å²) in [4.78, 5) is 0. The van der Waals surface area contributed by atoms with E-state index < -0.39 is 11.2 Å². The zero-order chi connectivity index (χ0) is 25.4. The largest absolute Gasteiger partial charge is 0.390 e. The Morgan fingerprint density at radius 1 is 0.857 bits per heavy atom. The summed E-state index contributed by atoms with van der Waals surface area (Å²) < 4.78 is 0. The molecule has 0 aromatic carbocycles. The molecule has 0 aliphatic heterocycles. The fourth-order valence-corrected chi connectivity index (χ4v) is 10.5. The molecule has 0 spiro atoms. The molecular weight excluding hydrogens is 428 g/mol. The Morgan fingerprint density at radius 2 is 1.54 bits per heavy atom. The van der Waals surface area contributed by atoms with Crippen molar-refractivity contribution >= 4 is 0 Å². The normalized spacial score (nSPS) is 49.4. The molecule has 0 saturated heterocycles. The van der Waals surface area contributed by atoms with Crippen LogP contribution in [0.4, 0.5) is 0 Å². The lowest BCUT2D eigenvalue weighted by atomic mass is 9.44. The zero-order valence-corrected chi connectivity index (χ0v) is 24.1. The summed E-state index contributed by atoms with van der Waals surface area (Å²) in [5, 5.41) is 22.2. The van der Waals surface area contributed by atoms with E-state index in [4.69, 9.17) is 0 Å². The number of hydrogen-bond acceptors (Lipinski definition) is 2. The maximum atomic E-state index is 11.3. The van der Waals surface area contributed by atoms with Crippen molar-refractivity contribution in [1.82, 2.24) is 0 Å². The van der Waals surface area contributed by atoms with Crippen LogP contribution < -0.4 is 0 Å². The van der Waals surface area contributed by atoms with Crippen molar-refractivity contribution in [3.8, 4) is 0 Å². The summed E-state index contributed by atoms with van der Waals surface area (Å²) >= 11 is 0. The minimum Gasteiger partial charge on any atom is -0.390 e. The first-order valence-corrected chi connectivity index (χ1v) is 15.3. The van der Waals surface area contributed by atoms with Crippen molar-refractivity contribution in [3.05, 3.63) is 11.6 Å². The Hall–Kier alpha value is -0.340. The molecule has 5 aliphatic rings. The van der Waals surface area contributed by atoms with Crippen molar-refractivity contribution in [2.24, 2.45) is 51.8 Å². The summed E-state index contributed by atoms with van der Waals surface area (Å²) in [6.07, 6.45) is 17.7. The second kappa shape index (κ2) is 8.59. The average Bonchev–Trinajstić information content (AvgIpc) is 3.13. The van der Waals surface area contributed by atoms with Crippen LogP contribution in [-0.4, -0.2) is 21.4 Å². The van der Waals surface area contributed by atoms with Gasteiger partial charge >= 0.3 is 0 Å². The molecule has 0 amide bonds. The van der Waals surface area contributed by atoms with Gasteiger partial charge in [-0.15, -0.1) is 0 Å². The minimum absolute atomic E-state index is 0.308. The van der Waals surface area contributed by atoms with Gasteiger partial charge in [0.05, 0.1) is 11.2 Å². The molecule has 0 radical (unpaired) electrons. The summed E-state index contributed by atoms with van der Waals surface area (Å²) in [6, 6.07) is 0. The Kier molecular flexibility index (Phi) is 6.45. The van der Waals surface area contributed by atoms with Crippen molar-refractivity contribution in [3.63, 3.8) is 0 Å². The van der Waals surface area contributed by atoms with Gasteiger partial charge in [0.2, 0.25) is 0 Å². The third kappa shape index (κ3) is 4.49. The second-order valence-electron chi connectivity index (χ2n) is 16.1. The standard InChI is InChI=1S/C33H56O2/c1-22(10-13-33(35)18-14-29(3,4)15-19-33)25-8-9-26-28-23(2)20-24-21-30(5,34)16-17-31(24,6)27(28)11-12-32(25,26)7/h20,22-23,25-28,34-35H,8-19,21H2,1-7H3/t22-,23-,25?,26?,27?,28+,30+,31+,32-/m1/s1. The monoisotopic (exact) mass is 484 g/mol. The van der Waals surface area contributed by atoms with Crippen LogP contribution in [0.15, 0.2) is 11.6 Å². The smallest absolute Gasteiger partial charge is 0.0657 e. The van der Waals surface area contributed by atoms with Gasteiger partial charge in [0.1, 0.15) is 0 Å². The van der Waals surface area contributed by atoms with E-state index >= 15 is 0 Å². The van der Waals surface area contributed by atoms with Crippen LogP contribution in [0.1, 0.15) is 132 Å². The quantitative estimate of drug-likeness (QED) is 0.394. The molecule has 2 N–H and O–H groups in total. The maximum Gasteiger partial charge on any atom is 0.0657 e. The Morgan fingerprint density at radius 3 is 2.23 bits per heavy atom. The van der Waals surface area contributed by atoms with Crippen LogP contribution in [-0.2, 0) is 0 Å². The highest BCUT2D eigenvalue weighted by molar-refractivity contribution is 5.28. The van der Waals surface area contributed by atoms with Gasteiger partial charge in [0.15, 0.2) is 0 Å². The third-order valence-corrected chi connectivity index (χ3v) is 13.1. The van der Waals surface area contributed by atoms with Gasteiger partial charge in [-0.25, -0.2) is 0 Å². The summed E-state index contributed by atoms with van der Waals surface area (Å²) in [5.74, 6) is 4.63. The van der Waals surface area contributed by atoms with Crippen LogP contribution in [0.5, 0.6) is 0 Å². The van der Waals surface area contributed by atoms with E-state index in [1.807, 2.05) is 0 Å². The molecule has 2 heteroatoms. The van der Waals surface area contributed by atoms with E-state index in [1.165, 1.54) is 51.4 Å². The average molecular weight is 485 g/mol. The Bertz CT molecular complexity index is 828. The molecule has 5 rings (SSSR count).